The molecule has 0 aliphatic heterocycles. The molecule has 1 amide bonds. The molecule has 2 heteroatoms. The minimum Gasteiger partial charge on any atom is -0.352 e. The first-order valence-electron chi connectivity index (χ1n) is 3.67. The molecule has 0 saturated heterocycles. The lowest BCUT2D eigenvalue weighted by Gasteiger charge is -2.08. The van der Waals surface area contributed by atoms with Gasteiger partial charge in [0.15, 0.2) is 0 Å². The minimum absolute atomic E-state index is 0.164. The van der Waals surface area contributed by atoms with Gasteiger partial charge in [-0.2, -0.15) is 0 Å². The Hall–Kier alpha value is -0.790. The van der Waals surface area contributed by atoms with E-state index in [-0.39, 0.29) is 6.04 Å². The standard InChI is InChI=1S/C8H15NO/c1-3-5-6-8(4-2)9-7-10/h4,7-8H,2-3,5-6H2,1H3,(H,9,10). The van der Waals surface area contributed by atoms with Crippen molar-refractivity contribution in [3.8, 4) is 0 Å². The number of nitrogens with one attached hydrogen (secondary N) is 1. The van der Waals surface area contributed by atoms with Crippen molar-refractivity contribution in [2.24, 2.45) is 0 Å². The molecule has 0 heterocycles. The molecule has 1 atom stereocenters. The summed E-state index contributed by atoms with van der Waals surface area (Å²) in [5.74, 6) is 0. The van der Waals surface area contributed by atoms with Crippen LogP contribution in [-0.4, -0.2) is 12.5 Å². The highest BCUT2D eigenvalue weighted by Gasteiger charge is 1.98. The molecule has 0 radical (unpaired) electrons. The third-order valence-corrected chi connectivity index (χ3v) is 1.44. The van der Waals surface area contributed by atoms with Crippen LogP contribution >= 0.6 is 0 Å². The summed E-state index contributed by atoms with van der Waals surface area (Å²) in [7, 11) is 0. The average molecular weight is 141 g/mol. The molecule has 0 aromatic heterocycles. The molecule has 0 rings (SSSR count). The predicted octanol–water partition coefficient (Wildman–Crippen LogP) is 1.48. The van der Waals surface area contributed by atoms with Crippen LogP contribution in [0.1, 0.15) is 26.2 Å². The van der Waals surface area contributed by atoms with E-state index in [1.54, 1.807) is 6.08 Å². The second kappa shape index (κ2) is 6.33. The van der Waals surface area contributed by atoms with Crippen LogP contribution in [0.15, 0.2) is 12.7 Å². The number of carbonyl (C=O) groups is 1. The fraction of sp³-hybridized carbons (Fsp3) is 0.625. The van der Waals surface area contributed by atoms with E-state index in [0.717, 1.165) is 25.7 Å². The van der Waals surface area contributed by atoms with Crippen molar-refractivity contribution >= 4 is 6.41 Å². The molecule has 0 bridgehead atoms. The van der Waals surface area contributed by atoms with Gasteiger partial charge < -0.3 is 5.32 Å². The zero-order valence-corrected chi connectivity index (χ0v) is 6.47. The summed E-state index contributed by atoms with van der Waals surface area (Å²) in [6, 6.07) is 0.164. The molecule has 2 nitrogen and oxygen atoms in total. The molecular weight excluding hydrogens is 126 g/mol. The monoisotopic (exact) mass is 141 g/mol. The zero-order valence-electron chi connectivity index (χ0n) is 6.47. The molecule has 0 aromatic rings. The Morgan fingerprint density at radius 3 is 2.80 bits per heavy atom. The van der Waals surface area contributed by atoms with Crippen molar-refractivity contribution in [1.82, 2.24) is 5.32 Å². The molecule has 0 aliphatic rings. The highest BCUT2D eigenvalue weighted by molar-refractivity contribution is 5.47. The van der Waals surface area contributed by atoms with Crippen LogP contribution in [0.5, 0.6) is 0 Å². The quantitative estimate of drug-likeness (QED) is 0.440. The van der Waals surface area contributed by atoms with Crippen molar-refractivity contribution < 1.29 is 4.79 Å². The third-order valence-electron chi connectivity index (χ3n) is 1.44. The fourth-order valence-electron chi connectivity index (χ4n) is 0.781. The van der Waals surface area contributed by atoms with E-state index in [1.165, 1.54) is 0 Å². The average Bonchev–Trinajstić information content (AvgIpc) is 1.98. The Morgan fingerprint density at radius 1 is 1.70 bits per heavy atom. The second-order valence-electron chi connectivity index (χ2n) is 2.27. The maximum Gasteiger partial charge on any atom is 0.207 e. The Labute approximate surface area is 62.3 Å². The summed E-state index contributed by atoms with van der Waals surface area (Å²) in [4.78, 5) is 9.98. The van der Waals surface area contributed by atoms with Gasteiger partial charge in [0.25, 0.3) is 0 Å². The van der Waals surface area contributed by atoms with Gasteiger partial charge in [0.1, 0.15) is 0 Å². The first-order chi connectivity index (χ1) is 4.85. The number of hydrogen-bond acceptors (Lipinski definition) is 1. The van der Waals surface area contributed by atoms with Gasteiger partial charge in [0, 0.05) is 6.04 Å². The number of hydrogen-bond donors (Lipinski definition) is 1. The molecule has 0 spiro atoms. The molecule has 0 fully saturated rings. The van der Waals surface area contributed by atoms with Crippen LogP contribution in [-0.2, 0) is 4.79 Å². The van der Waals surface area contributed by atoms with Crippen molar-refractivity contribution in [2.75, 3.05) is 0 Å². The number of rotatable bonds is 6. The topological polar surface area (TPSA) is 29.1 Å². The summed E-state index contributed by atoms with van der Waals surface area (Å²) >= 11 is 0. The van der Waals surface area contributed by atoms with Gasteiger partial charge in [-0.15, -0.1) is 6.58 Å². The molecule has 10 heavy (non-hydrogen) atoms. The molecule has 0 saturated carbocycles. The third kappa shape index (κ3) is 4.13. The molecule has 1 unspecified atom stereocenters. The molecule has 58 valence electrons. The van der Waals surface area contributed by atoms with Crippen LogP contribution in [0.4, 0.5) is 0 Å². The van der Waals surface area contributed by atoms with Gasteiger partial charge in [-0.1, -0.05) is 25.8 Å². The van der Waals surface area contributed by atoms with E-state index in [1.807, 2.05) is 0 Å². The van der Waals surface area contributed by atoms with Gasteiger partial charge in [-0.05, 0) is 6.42 Å². The summed E-state index contributed by atoms with van der Waals surface area (Å²) in [5, 5.41) is 2.67. The van der Waals surface area contributed by atoms with E-state index in [9.17, 15) is 4.79 Å². The first-order valence-corrected chi connectivity index (χ1v) is 3.67. The summed E-state index contributed by atoms with van der Waals surface area (Å²) in [6.07, 6.45) is 5.78. The zero-order chi connectivity index (χ0) is 7.82. The number of unbranched alkanes of at least 4 members (excludes halogenated alkanes) is 1. The highest BCUT2D eigenvalue weighted by Crippen LogP contribution is 1.99. The van der Waals surface area contributed by atoms with Gasteiger partial charge in [0.05, 0.1) is 0 Å². The van der Waals surface area contributed by atoms with E-state index < -0.39 is 0 Å². The molecule has 1 N–H and O–H groups in total. The van der Waals surface area contributed by atoms with Gasteiger partial charge >= 0.3 is 0 Å². The van der Waals surface area contributed by atoms with Gasteiger partial charge in [-0.3, -0.25) is 4.79 Å². The predicted molar refractivity (Wildman–Crippen MR) is 42.7 cm³/mol. The summed E-state index contributed by atoms with van der Waals surface area (Å²) in [6.45, 7) is 5.74. The van der Waals surface area contributed by atoms with Gasteiger partial charge in [-0.25, -0.2) is 0 Å². The van der Waals surface area contributed by atoms with Crippen LogP contribution in [0.25, 0.3) is 0 Å². The summed E-state index contributed by atoms with van der Waals surface area (Å²) < 4.78 is 0. The lowest BCUT2D eigenvalue weighted by Crippen LogP contribution is -2.24. The minimum atomic E-state index is 0.164. The van der Waals surface area contributed by atoms with Crippen molar-refractivity contribution in [3.63, 3.8) is 0 Å². The number of carbonyl (C=O) groups excluding carboxylic acids is 1. The summed E-state index contributed by atoms with van der Waals surface area (Å²) in [5.41, 5.74) is 0. The Kier molecular flexibility index (Phi) is 5.83. The van der Waals surface area contributed by atoms with E-state index >= 15 is 0 Å². The SMILES string of the molecule is C=CC(CCCC)NC=O. The molecular formula is C8H15NO. The normalized spacial score (nSPS) is 12.1. The maximum absolute atomic E-state index is 9.98. The largest absolute Gasteiger partial charge is 0.352 e. The number of amides is 1. The van der Waals surface area contributed by atoms with Crippen molar-refractivity contribution in [2.45, 2.75) is 32.2 Å². The lowest BCUT2D eigenvalue weighted by atomic mass is 10.1. The van der Waals surface area contributed by atoms with Crippen LogP contribution in [0.2, 0.25) is 0 Å². The maximum atomic E-state index is 9.98. The van der Waals surface area contributed by atoms with Crippen LogP contribution in [0, 0.1) is 0 Å². The molecule has 0 aliphatic carbocycles. The highest BCUT2D eigenvalue weighted by atomic mass is 16.1. The van der Waals surface area contributed by atoms with E-state index in [0.29, 0.717) is 0 Å². The molecule has 0 aromatic carbocycles. The van der Waals surface area contributed by atoms with Crippen molar-refractivity contribution in [1.29, 1.82) is 0 Å². The van der Waals surface area contributed by atoms with Crippen LogP contribution < -0.4 is 5.32 Å². The Morgan fingerprint density at radius 2 is 2.40 bits per heavy atom. The van der Waals surface area contributed by atoms with Crippen LogP contribution in [0.3, 0.4) is 0 Å². The Balaban J connectivity index is 3.38. The lowest BCUT2D eigenvalue weighted by molar-refractivity contribution is -0.109. The van der Waals surface area contributed by atoms with E-state index in [2.05, 4.69) is 18.8 Å². The van der Waals surface area contributed by atoms with Gasteiger partial charge in [0.2, 0.25) is 6.41 Å². The first kappa shape index (κ1) is 9.21. The second-order valence-corrected chi connectivity index (χ2v) is 2.27. The smallest absolute Gasteiger partial charge is 0.207 e. The van der Waals surface area contributed by atoms with E-state index in [4.69, 9.17) is 0 Å². The fourth-order valence-corrected chi connectivity index (χ4v) is 0.781. The Bertz CT molecular complexity index is 101. The van der Waals surface area contributed by atoms with Crippen molar-refractivity contribution in [3.05, 3.63) is 12.7 Å².